The summed E-state index contributed by atoms with van der Waals surface area (Å²) in [6, 6.07) is 29.7. The van der Waals surface area contributed by atoms with Gasteiger partial charge in [0.1, 0.15) is 11.4 Å². The first-order valence-corrected chi connectivity index (χ1v) is 10.6. The van der Waals surface area contributed by atoms with Crippen molar-refractivity contribution in [3.8, 4) is 5.75 Å². The zero-order valence-electron chi connectivity index (χ0n) is 15.9. The summed E-state index contributed by atoms with van der Waals surface area (Å²) in [4.78, 5) is 0. The lowest BCUT2D eigenvalue weighted by molar-refractivity contribution is 0.131. The van der Waals surface area contributed by atoms with E-state index in [4.69, 9.17) is 9.48 Å². The minimum absolute atomic E-state index is 0.207. The molecule has 0 saturated heterocycles. The van der Waals surface area contributed by atoms with Crippen LogP contribution in [0.4, 0.5) is 0 Å². The first-order chi connectivity index (χ1) is 12.5. The summed E-state index contributed by atoms with van der Waals surface area (Å²) >= 11 is 0. The maximum absolute atomic E-state index is 6.00. The summed E-state index contributed by atoms with van der Waals surface area (Å²) in [5, 5.41) is 3.76. The zero-order chi connectivity index (χ0) is 18.6. The lowest BCUT2D eigenvalue weighted by atomic mass is 10.2. The van der Waals surface area contributed by atoms with Crippen LogP contribution in [-0.4, -0.2) is 12.6 Å². The number of rotatable bonds is 4. The second-order valence-corrected chi connectivity index (χ2v) is 10.4. The standard InChI is InChI=1S/C23H26NOP/c1-23(2,3)25-19-15-17-22(18-16-19)26(24-4,20-11-7-5-8-12-20)21-13-9-6-10-14-21/h5-18H,1-4H3. The van der Waals surface area contributed by atoms with E-state index in [0.717, 1.165) is 5.75 Å². The number of benzene rings is 3. The van der Waals surface area contributed by atoms with E-state index in [1.807, 2.05) is 7.05 Å². The van der Waals surface area contributed by atoms with E-state index in [1.54, 1.807) is 0 Å². The predicted molar refractivity (Wildman–Crippen MR) is 114 cm³/mol. The Bertz CT molecular complexity index is 851. The van der Waals surface area contributed by atoms with Crippen molar-refractivity contribution in [3.63, 3.8) is 0 Å². The molecule has 0 aliphatic rings. The molecule has 134 valence electrons. The number of hydrogen-bond acceptors (Lipinski definition) is 2. The van der Waals surface area contributed by atoms with E-state index in [-0.39, 0.29) is 5.60 Å². The van der Waals surface area contributed by atoms with Crippen molar-refractivity contribution < 1.29 is 4.74 Å². The van der Waals surface area contributed by atoms with E-state index in [2.05, 4.69) is 106 Å². The maximum atomic E-state index is 6.00. The van der Waals surface area contributed by atoms with Crippen LogP contribution in [0, 0.1) is 0 Å². The molecule has 2 nitrogen and oxygen atoms in total. The first-order valence-electron chi connectivity index (χ1n) is 8.87. The third kappa shape index (κ3) is 3.76. The normalized spacial score (nSPS) is 11.8. The van der Waals surface area contributed by atoms with Crippen LogP contribution in [-0.2, 0) is 0 Å². The maximum Gasteiger partial charge on any atom is 0.120 e. The smallest absolute Gasteiger partial charge is 0.120 e. The molecular formula is C23H26NOP. The van der Waals surface area contributed by atoms with E-state index >= 15 is 0 Å². The molecule has 0 aromatic heterocycles. The Morgan fingerprint density at radius 2 is 1.08 bits per heavy atom. The van der Waals surface area contributed by atoms with Crippen LogP contribution < -0.4 is 20.7 Å². The molecule has 0 amide bonds. The SMILES string of the molecule is CN=P(c1ccccc1)(c1ccccc1)c1ccc(OC(C)(C)C)cc1. The Balaban J connectivity index is 2.17. The third-order valence-electron chi connectivity index (χ3n) is 4.19. The van der Waals surface area contributed by atoms with Crippen LogP contribution >= 0.6 is 7.05 Å². The molecule has 0 aliphatic carbocycles. The van der Waals surface area contributed by atoms with Gasteiger partial charge in [-0.15, -0.1) is 0 Å². The summed E-state index contributed by atoms with van der Waals surface area (Å²) in [5.41, 5.74) is -0.207. The summed E-state index contributed by atoms with van der Waals surface area (Å²) in [5.74, 6) is 0.886. The van der Waals surface area contributed by atoms with Gasteiger partial charge in [0, 0.05) is 23.0 Å². The van der Waals surface area contributed by atoms with Crippen molar-refractivity contribution in [1.82, 2.24) is 0 Å². The molecule has 0 unspecified atom stereocenters. The number of ether oxygens (including phenoxy) is 1. The van der Waals surface area contributed by atoms with Gasteiger partial charge in [0.25, 0.3) is 0 Å². The molecule has 3 rings (SSSR count). The van der Waals surface area contributed by atoms with Crippen molar-refractivity contribution in [3.05, 3.63) is 84.9 Å². The van der Waals surface area contributed by atoms with Crippen LogP contribution in [0.2, 0.25) is 0 Å². The highest BCUT2D eigenvalue weighted by Gasteiger charge is 2.26. The number of hydrogen-bond donors (Lipinski definition) is 0. The van der Waals surface area contributed by atoms with Crippen LogP contribution in [0.15, 0.2) is 89.7 Å². The minimum Gasteiger partial charge on any atom is -0.488 e. The molecule has 0 aliphatic heterocycles. The Morgan fingerprint density at radius 3 is 1.46 bits per heavy atom. The lowest BCUT2D eigenvalue weighted by Crippen LogP contribution is -2.26. The lowest BCUT2D eigenvalue weighted by Gasteiger charge is -2.27. The molecule has 0 saturated carbocycles. The fourth-order valence-electron chi connectivity index (χ4n) is 3.16. The fraction of sp³-hybridized carbons (Fsp3) is 0.217. The average molecular weight is 363 g/mol. The van der Waals surface area contributed by atoms with Crippen molar-refractivity contribution in [2.24, 2.45) is 4.74 Å². The summed E-state index contributed by atoms with van der Waals surface area (Å²) < 4.78 is 11.0. The molecule has 3 aromatic rings. The Morgan fingerprint density at radius 1 is 0.654 bits per heavy atom. The molecule has 0 bridgehead atoms. The molecule has 0 heterocycles. The zero-order valence-corrected chi connectivity index (χ0v) is 16.8. The van der Waals surface area contributed by atoms with Gasteiger partial charge in [-0.25, -0.2) is 0 Å². The van der Waals surface area contributed by atoms with Crippen LogP contribution in [0.5, 0.6) is 5.75 Å². The molecule has 0 spiro atoms. The highest BCUT2D eigenvalue weighted by Crippen LogP contribution is 2.46. The minimum atomic E-state index is -2.04. The number of nitrogens with zero attached hydrogens (tertiary/aromatic N) is 1. The molecule has 0 atom stereocenters. The molecule has 0 fully saturated rings. The topological polar surface area (TPSA) is 21.6 Å². The third-order valence-corrected chi connectivity index (χ3v) is 7.93. The van der Waals surface area contributed by atoms with Gasteiger partial charge in [0.15, 0.2) is 0 Å². The molecular weight excluding hydrogens is 337 g/mol. The highest BCUT2D eigenvalue weighted by molar-refractivity contribution is 7.87. The Kier molecular flexibility index (Phi) is 5.34. The van der Waals surface area contributed by atoms with Gasteiger partial charge >= 0.3 is 0 Å². The van der Waals surface area contributed by atoms with E-state index in [1.165, 1.54) is 15.9 Å². The van der Waals surface area contributed by atoms with Gasteiger partial charge in [-0.1, -0.05) is 60.7 Å². The molecule has 3 aromatic carbocycles. The average Bonchev–Trinajstić information content (AvgIpc) is 2.65. The monoisotopic (exact) mass is 363 g/mol. The van der Waals surface area contributed by atoms with Crippen molar-refractivity contribution in [2.75, 3.05) is 7.05 Å². The fourth-order valence-corrected chi connectivity index (χ4v) is 6.54. The molecule has 0 radical (unpaired) electrons. The second kappa shape index (κ2) is 7.51. The van der Waals surface area contributed by atoms with Crippen molar-refractivity contribution in [1.29, 1.82) is 0 Å². The summed E-state index contributed by atoms with van der Waals surface area (Å²) in [6.45, 7) is 6.19. The van der Waals surface area contributed by atoms with Crippen LogP contribution in [0.25, 0.3) is 0 Å². The second-order valence-electron chi connectivity index (χ2n) is 7.21. The quantitative estimate of drug-likeness (QED) is 0.600. The Labute approximate surface area is 156 Å². The van der Waals surface area contributed by atoms with Crippen LogP contribution in [0.3, 0.4) is 0 Å². The van der Waals surface area contributed by atoms with E-state index in [9.17, 15) is 0 Å². The highest BCUT2D eigenvalue weighted by atomic mass is 31.2. The van der Waals surface area contributed by atoms with Crippen molar-refractivity contribution >= 4 is 23.0 Å². The van der Waals surface area contributed by atoms with E-state index < -0.39 is 7.05 Å². The van der Waals surface area contributed by atoms with Crippen molar-refractivity contribution in [2.45, 2.75) is 26.4 Å². The van der Waals surface area contributed by atoms with Gasteiger partial charge in [-0.05, 0) is 45.0 Å². The Hall–Kier alpha value is -2.31. The summed E-state index contributed by atoms with van der Waals surface area (Å²) in [7, 11) is -0.0979. The van der Waals surface area contributed by atoms with Gasteiger partial charge in [0.05, 0.1) is 7.05 Å². The largest absolute Gasteiger partial charge is 0.488 e. The van der Waals surface area contributed by atoms with Gasteiger partial charge < -0.3 is 4.74 Å². The van der Waals surface area contributed by atoms with Crippen LogP contribution in [0.1, 0.15) is 20.8 Å². The first kappa shape index (κ1) is 18.5. The predicted octanol–water partition coefficient (Wildman–Crippen LogP) is 4.97. The van der Waals surface area contributed by atoms with Gasteiger partial charge in [-0.3, -0.25) is 4.74 Å². The van der Waals surface area contributed by atoms with E-state index in [0.29, 0.717) is 0 Å². The van der Waals surface area contributed by atoms with Gasteiger partial charge in [-0.2, -0.15) is 0 Å². The molecule has 3 heteroatoms. The summed E-state index contributed by atoms with van der Waals surface area (Å²) in [6.07, 6.45) is 0. The molecule has 26 heavy (non-hydrogen) atoms. The molecule has 0 N–H and O–H groups in total. The van der Waals surface area contributed by atoms with Gasteiger partial charge in [0.2, 0.25) is 0 Å².